The number of hydrogen-bond acceptors (Lipinski definition) is 3. The largest absolute Gasteiger partial charge is 0.741 e. The molecule has 26 heavy (non-hydrogen) atoms. The van der Waals surface area contributed by atoms with Gasteiger partial charge in [-0.2, -0.15) is 13.2 Å². The van der Waals surface area contributed by atoms with Crippen LogP contribution in [0, 0.1) is 6.92 Å². The predicted molar refractivity (Wildman–Crippen MR) is 86.9 cm³/mol. The predicted octanol–water partition coefficient (Wildman–Crippen LogP) is 5.72. The first kappa shape index (κ1) is 22.7. The number of alkyl halides is 6. The van der Waals surface area contributed by atoms with Crippen LogP contribution in [0.2, 0.25) is 0 Å². The minimum Gasteiger partial charge on any atom is -0.741 e. The third-order valence-electron chi connectivity index (χ3n) is 3.15. The summed E-state index contributed by atoms with van der Waals surface area (Å²) in [5.41, 5.74) is -9.32. The highest BCUT2D eigenvalue weighted by Gasteiger charge is 2.50. The van der Waals surface area contributed by atoms with Gasteiger partial charge in [-0.15, -0.1) is 13.2 Å². The van der Waals surface area contributed by atoms with E-state index in [1.54, 1.807) is 18.2 Å². The zero-order valence-electron chi connectivity index (χ0n) is 14.1. The molecular formula is C15H16F6O3S2. The number of rotatable bonds is 0. The minimum atomic E-state index is -6.09. The van der Waals surface area contributed by atoms with E-state index in [1.165, 1.54) is 0 Å². The van der Waals surface area contributed by atoms with Crippen LogP contribution >= 0.6 is 10.5 Å². The van der Waals surface area contributed by atoms with Crippen LogP contribution in [-0.2, 0) is 21.0 Å². The Morgan fingerprint density at radius 1 is 0.962 bits per heavy atom. The Kier molecular flexibility index (Phi) is 6.12. The fourth-order valence-corrected chi connectivity index (χ4v) is 4.21. The molecule has 1 heterocycles. The highest BCUT2D eigenvalue weighted by molar-refractivity contribution is 7.86. The van der Waals surface area contributed by atoms with E-state index in [1.807, 2.05) is 33.8 Å². The average molecular weight is 422 g/mol. The summed E-state index contributed by atoms with van der Waals surface area (Å²) in [5.74, 6) is 0. The second-order valence-electron chi connectivity index (χ2n) is 6.45. The number of thiophene rings is 1. The van der Waals surface area contributed by atoms with Crippen LogP contribution in [0.5, 0.6) is 0 Å². The molecule has 1 aromatic heterocycles. The Labute approximate surface area is 149 Å². The van der Waals surface area contributed by atoms with E-state index >= 15 is 0 Å². The van der Waals surface area contributed by atoms with Gasteiger partial charge in [0.1, 0.15) is 0 Å². The molecule has 1 aromatic carbocycles. The van der Waals surface area contributed by atoms with E-state index in [0.29, 0.717) is 9.58 Å². The molecule has 2 rings (SSSR count). The summed E-state index contributed by atoms with van der Waals surface area (Å²) in [7, 11) is -7.86. The molecule has 0 aliphatic heterocycles. The van der Waals surface area contributed by atoms with Crippen LogP contribution in [0.25, 0.3) is 10.1 Å². The van der Waals surface area contributed by atoms with Crippen molar-refractivity contribution in [3.8, 4) is 0 Å². The third kappa shape index (κ3) is 5.34. The third-order valence-corrected chi connectivity index (χ3v) is 6.16. The minimum absolute atomic E-state index is 0.415. The van der Waals surface area contributed by atoms with Crippen LogP contribution in [0.1, 0.15) is 31.2 Å². The number of hydrogen-bond donors (Lipinski definition) is 0. The fraction of sp³-hybridized carbons (Fsp3) is 0.467. The van der Waals surface area contributed by atoms with Crippen molar-refractivity contribution in [2.75, 3.05) is 0 Å². The summed E-state index contributed by atoms with van der Waals surface area (Å²) in [6.07, 6.45) is 0. The standard InChI is InChI=1S/C14H16F3S.CHF3O3S/c1-9-5-6-11-10(7-9)8-12(13(2,3)4)18(11)14(15,16)17;2-1(3,4)8(5,6)7/h5-8H,1-4H3;(H,5,6,7)/q+1;/p-1. The molecule has 0 spiro atoms. The smallest absolute Gasteiger partial charge is 0.600 e. The summed E-state index contributed by atoms with van der Waals surface area (Å²) >= 11 is 0. The highest BCUT2D eigenvalue weighted by atomic mass is 32.2. The van der Waals surface area contributed by atoms with Crippen LogP contribution in [0.3, 0.4) is 0 Å². The van der Waals surface area contributed by atoms with E-state index in [0.717, 1.165) is 10.9 Å². The van der Waals surface area contributed by atoms with E-state index in [-0.39, 0.29) is 0 Å². The topological polar surface area (TPSA) is 57.2 Å². The molecule has 2 aromatic rings. The van der Waals surface area contributed by atoms with Crippen LogP contribution in [-0.4, -0.2) is 18.5 Å². The first-order chi connectivity index (χ1) is 11.4. The highest BCUT2D eigenvalue weighted by Crippen LogP contribution is 2.54. The normalized spacial score (nSPS) is 14.2. The molecule has 0 N–H and O–H groups in total. The molecule has 0 saturated heterocycles. The quantitative estimate of drug-likeness (QED) is 0.236. The van der Waals surface area contributed by atoms with Gasteiger partial charge in [-0.3, -0.25) is 0 Å². The lowest BCUT2D eigenvalue weighted by Gasteiger charge is -2.13. The Hall–Kier alpha value is -1.33. The van der Waals surface area contributed by atoms with Crippen molar-refractivity contribution in [1.29, 1.82) is 0 Å². The molecule has 0 radical (unpaired) electrons. The van der Waals surface area contributed by atoms with Gasteiger partial charge in [0.25, 0.3) is 0 Å². The zero-order valence-corrected chi connectivity index (χ0v) is 15.8. The monoisotopic (exact) mass is 422 g/mol. The van der Waals surface area contributed by atoms with Gasteiger partial charge in [-0.25, -0.2) is 8.42 Å². The van der Waals surface area contributed by atoms with Crippen molar-refractivity contribution >= 4 is 30.7 Å². The Morgan fingerprint density at radius 2 is 1.42 bits per heavy atom. The number of benzene rings is 1. The first-order valence-corrected chi connectivity index (χ1v) is 9.65. The first-order valence-electron chi connectivity index (χ1n) is 7.02. The molecule has 11 heteroatoms. The lowest BCUT2D eigenvalue weighted by atomic mass is 9.94. The summed E-state index contributed by atoms with van der Waals surface area (Å²) in [4.78, 5) is 0.482. The van der Waals surface area contributed by atoms with Crippen molar-refractivity contribution in [2.24, 2.45) is 0 Å². The van der Waals surface area contributed by atoms with Gasteiger partial charge in [-0.1, -0.05) is 32.4 Å². The number of halogens is 6. The number of aryl methyl sites for hydroxylation is 1. The van der Waals surface area contributed by atoms with Crippen molar-refractivity contribution in [2.45, 2.75) is 44.1 Å². The summed E-state index contributed by atoms with van der Waals surface area (Å²) < 4.78 is 99.2. The van der Waals surface area contributed by atoms with Crippen molar-refractivity contribution < 1.29 is 39.3 Å². The second kappa shape index (κ2) is 7.01. The molecule has 3 nitrogen and oxygen atoms in total. The van der Waals surface area contributed by atoms with Gasteiger partial charge in [-0.05, 0) is 19.1 Å². The van der Waals surface area contributed by atoms with Crippen LogP contribution < -0.4 is 0 Å². The molecule has 0 aliphatic rings. The molecular weight excluding hydrogens is 406 g/mol. The zero-order chi connectivity index (χ0) is 20.7. The summed E-state index contributed by atoms with van der Waals surface area (Å²) in [6.45, 7) is 7.41. The van der Waals surface area contributed by atoms with E-state index in [4.69, 9.17) is 13.0 Å². The van der Waals surface area contributed by atoms with E-state index in [9.17, 15) is 26.3 Å². The lowest BCUT2D eigenvalue weighted by Crippen LogP contribution is -2.21. The van der Waals surface area contributed by atoms with Crippen molar-refractivity contribution in [3.63, 3.8) is 0 Å². The Morgan fingerprint density at radius 3 is 1.77 bits per heavy atom. The Bertz CT molecular complexity index is 887. The SMILES string of the molecule is Cc1ccc2c(c1)cc(C(C)(C)C)[s+]2C(F)(F)F.O=S(=O)([O-])C(F)(F)F. The van der Waals surface area contributed by atoms with Crippen molar-refractivity contribution in [1.82, 2.24) is 0 Å². The number of fused-ring (bicyclic) bond motifs is 1. The van der Waals surface area contributed by atoms with E-state index in [2.05, 4.69) is 0 Å². The Balaban J connectivity index is 0.000000359. The van der Waals surface area contributed by atoms with Crippen LogP contribution in [0.4, 0.5) is 26.3 Å². The fourth-order valence-electron chi connectivity index (χ4n) is 2.06. The molecule has 0 fully saturated rings. The van der Waals surface area contributed by atoms with Gasteiger partial charge < -0.3 is 4.55 Å². The molecule has 1 unspecified atom stereocenters. The average Bonchev–Trinajstić information content (AvgIpc) is 2.75. The maximum atomic E-state index is 13.3. The molecule has 0 amide bonds. The maximum absolute atomic E-state index is 13.3. The van der Waals surface area contributed by atoms with Gasteiger partial charge in [0.15, 0.2) is 19.7 Å². The lowest BCUT2D eigenvalue weighted by molar-refractivity contribution is -0.0869. The molecule has 0 bridgehead atoms. The molecule has 148 valence electrons. The van der Waals surface area contributed by atoms with Gasteiger partial charge >= 0.3 is 11.0 Å². The summed E-state index contributed by atoms with van der Waals surface area (Å²) in [6, 6.07) is 6.93. The van der Waals surface area contributed by atoms with Gasteiger partial charge in [0, 0.05) is 16.9 Å². The summed E-state index contributed by atoms with van der Waals surface area (Å²) in [5, 5.41) is 0.723. The van der Waals surface area contributed by atoms with Gasteiger partial charge in [0.2, 0.25) is 0 Å². The van der Waals surface area contributed by atoms with Crippen LogP contribution in [0.15, 0.2) is 24.3 Å². The molecule has 0 saturated carbocycles. The molecule has 0 aliphatic carbocycles. The maximum Gasteiger partial charge on any atom is 0.600 e. The second-order valence-corrected chi connectivity index (χ2v) is 9.78. The molecule has 1 atom stereocenters. The van der Waals surface area contributed by atoms with E-state index < -0.39 is 37.0 Å². The van der Waals surface area contributed by atoms with Crippen molar-refractivity contribution in [3.05, 3.63) is 34.7 Å². The van der Waals surface area contributed by atoms with Gasteiger partial charge in [0.05, 0.1) is 10.5 Å².